The molecule has 0 radical (unpaired) electrons. The van der Waals surface area contributed by atoms with Gasteiger partial charge in [0.25, 0.3) is 0 Å². The molecule has 1 aliphatic rings. The number of carbonyl (C=O) groups is 2. The molecule has 1 saturated heterocycles. The Morgan fingerprint density at radius 2 is 1.59 bits per heavy atom. The van der Waals surface area contributed by atoms with Gasteiger partial charge < -0.3 is 0 Å². The van der Waals surface area contributed by atoms with Gasteiger partial charge in [-0.05, 0) is 0 Å². The van der Waals surface area contributed by atoms with E-state index in [1.807, 2.05) is 44.2 Å². The van der Waals surface area contributed by atoms with Gasteiger partial charge in [-0.25, -0.2) is 0 Å². The number of rotatable bonds is 7. The first-order valence-corrected chi connectivity index (χ1v) is 13.3. The number of hydrogen-bond acceptors (Lipinski definition) is 3. The second-order valence-corrected chi connectivity index (χ2v) is 13.2. The van der Waals surface area contributed by atoms with Gasteiger partial charge in [0.2, 0.25) is 0 Å². The predicted molar refractivity (Wildman–Crippen MR) is 123 cm³/mol. The van der Waals surface area contributed by atoms with Crippen LogP contribution in [0.2, 0.25) is 0 Å². The Hall–Kier alpha value is -2.19. The van der Waals surface area contributed by atoms with Gasteiger partial charge in [0.1, 0.15) is 0 Å². The van der Waals surface area contributed by atoms with E-state index in [0.29, 0.717) is 18.9 Å². The van der Waals surface area contributed by atoms with E-state index in [2.05, 4.69) is 24.4 Å². The molecule has 156 valence electrons. The zero-order chi connectivity index (χ0) is 20.9. The van der Waals surface area contributed by atoms with Crippen LogP contribution in [0.15, 0.2) is 42.5 Å². The Kier molecular flexibility index (Phi) is 7.08. The van der Waals surface area contributed by atoms with E-state index in [1.54, 1.807) is 0 Å². The number of amides is 1. The number of esters is 1. The summed E-state index contributed by atoms with van der Waals surface area (Å²) in [6.07, 6.45) is 5.25. The molecule has 0 atom stereocenters. The van der Waals surface area contributed by atoms with Crippen LogP contribution in [0, 0.1) is 20.8 Å². The zero-order valence-corrected chi connectivity index (χ0v) is 18.7. The molecular weight excluding hydrogens is 381 g/mol. The van der Waals surface area contributed by atoms with Crippen molar-refractivity contribution >= 4 is 24.8 Å². The summed E-state index contributed by atoms with van der Waals surface area (Å²) in [4.78, 5) is 25.4. The topological polar surface area (TPSA) is 55.4 Å². The summed E-state index contributed by atoms with van der Waals surface area (Å²) < 4.78 is 5.53. The van der Waals surface area contributed by atoms with E-state index in [1.165, 1.54) is 5.56 Å². The van der Waals surface area contributed by atoms with Crippen LogP contribution in [0.1, 0.15) is 35.1 Å². The maximum atomic E-state index is 12.9. The van der Waals surface area contributed by atoms with Crippen molar-refractivity contribution in [1.82, 2.24) is 0 Å². The van der Waals surface area contributed by atoms with E-state index < -0.39 is 7.26 Å². The SMILES string of the molecule is Cc1cc(C)c(NC(=O)C[PH]2(CC(=O)OCc3ccccc3)CCCC2)c(C)c1. The number of nitrogens with one attached hydrogen (secondary N) is 1. The molecule has 1 aliphatic heterocycles. The number of benzene rings is 2. The molecule has 0 bridgehead atoms. The second kappa shape index (κ2) is 9.54. The molecule has 29 heavy (non-hydrogen) atoms. The van der Waals surface area contributed by atoms with Gasteiger partial charge in [0.15, 0.2) is 0 Å². The first-order chi connectivity index (χ1) is 13.9. The Bertz CT molecular complexity index is 850. The monoisotopic (exact) mass is 413 g/mol. The summed E-state index contributed by atoms with van der Waals surface area (Å²) in [5.41, 5.74) is 5.27. The number of anilines is 1. The molecule has 1 amide bonds. The van der Waals surface area contributed by atoms with Crippen LogP contribution in [0.3, 0.4) is 0 Å². The van der Waals surface area contributed by atoms with Crippen molar-refractivity contribution in [1.29, 1.82) is 0 Å². The standard InChI is InChI=1S/C24H32NO3P/c1-18-13-19(2)24(20(3)14-18)25-22(26)16-29(11-7-8-12-29)17-23(27)28-15-21-9-5-4-6-10-21/h4-6,9-10,13-14,29H,7-8,11-12,15-17H2,1-3H3,(H,25,26). The average molecular weight is 413 g/mol. The maximum absolute atomic E-state index is 12.9. The van der Waals surface area contributed by atoms with Crippen molar-refractivity contribution in [3.8, 4) is 0 Å². The molecule has 5 heteroatoms. The molecule has 1 fully saturated rings. The van der Waals surface area contributed by atoms with Crippen molar-refractivity contribution in [2.24, 2.45) is 0 Å². The molecule has 0 saturated carbocycles. The minimum atomic E-state index is -1.98. The molecule has 1 N–H and O–H groups in total. The Labute approximate surface area is 174 Å². The van der Waals surface area contributed by atoms with Crippen LogP contribution in [0.4, 0.5) is 5.69 Å². The summed E-state index contributed by atoms with van der Waals surface area (Å²) in [5, 5.41) is 3.13. The summed E-state index contributed by atoms with van der Waals surface area (Å²) in [5.74, 6) is -0.109. The molecule has 0 unspecified atom stereocenters. The summed E-state index contributed by atoms with van der Waals surface area (Å²) in [6, 6.07) is 13.9. The Morgan fingerprint density at radius 3 is 2.21 bits per heavy atom. The number of ether oxygens (including phenoxy) is 1. The van der Waals surface area contributed by atoms with Crippen molar-refractivity contribution in [2.45, 2.75) is 40.2 Å². The van der Waals surface area contributed by atoms with Crippen molar-refractivity contribution in [2.75, 3.05) is 30.0 Å². The third-order valence-corrected chi connectivity index (χ3v) is 10.8. The van der Waals surface area contributed by atoms with Gasteiger partial charge in [-0.3, -0.25) is 0 Å². The number of carbonyl (C=O) groups excluding carboxylic acids is 2. The third kappa shape index (κ3) is 5.90. The molecule has 0 spiro atoms. The molecule has 2 aromatic carbocycles. The zero-order valence-electron chi connectivity index (χ0n) is 17.7. The number of aryl methyl sites for hydroxylation is 3. The van der Waals surface area contributed by atoms with Gasteiger partial charge in [-0.15, -0.1) is 0 Å². The van der Waals surface area contributed by atoms with Gasteiger partial charge in [-0.1, -0.05) is 0 Å². The van der Waals surface area contributed by atoms with E-state index in [-0.39, 0.29) is 11.9 Å². The van der Waals surface area contributed by atoms with Crippen LogP contribution in [0.25, 0.3) is 0 Å². The van der Waals surface area contributed by atoms with Crippen LogP contribution in [-0.2, 0) is 20.9 Å². The summed E-state index contributed by atoms with van der Waals surface area (Å²) in [7, 11) is -1.98. The third-order valence-electron chi connectivity index (χ3n) is 5.90. The van der Waals surface area contributed by atoms with E-state index in [0.717, 1.165) is 47.5 Å². The summed E-state index contributed by atoms with van der Waals surface area (Å²) >= 11 is 0. The van der Waals surface area contributed by atoms with Gasteiger partial charge in [0, 0.05) is 0 Å². The molecule has 3 rings (SSSR count). The Balaban J connectivity index is 1.61. The van der Waals surface area contributed by atoms with Crippen LogP contribution in [-0.4, -0.2) is 36.5 Å². The van der Waals surface area contributed by atoms with Crippen LogP contribution < -0.4 is 5.32 Å². The quantitative estimate of drug-likeness (QED) is 0.522. The van der Waals surface area contributed by atoms with E-state index in [4.69, 9.17) is 4.74 Å². The van der Waals surface area contributed by atoms with Crippen molar-refractivity contribution < 1.29 is 14.3 Å². The normalized spacial score (nSPS) is 16.2. The summed E-state index contributed by atoms with van der Waals surface area (Å²) in [6.45, 7) is 6.42. The van der Waals surface area contributed by atoms with Gasteiger partial charge in [0.05, 0.1) is 0 Å². The van der Waals surface area contributed by atoms with Crippen LogP contribution >= 0.6 is 7.26 Å². The second-order valence-electron chi connectivity index (χ2n) is 8.53. The minimum absolute atomic E-state index is 0.0458. The fourth-order valence-corrected chi connectivity index (χ4v) is 9.10. The molecule has 1 heterocycles. The molecule has 0 aliphatic carbocycles. The fraction of sp³-hybridized carbons (Fsp3) is 0.417. The average Bonchev–Trinajstić information content (AvgIpc) is 3.11. The molecule has 4 nitrogen and oxygen atoms in total. The van der Waals surface area contributed by atoms with E-state index in [9.17, 15) is 9.59 Å². The van der Waals surface area contributed by atoms with Crippen LogP contribution in [0.5, 0.6) is 0 Å². The predicted octanol–water partition coefficient (Wildman–Crippen LogP) is 4.84. The Morgan fingerprint density at radius 1 is 0.966 bits per heavy atom. The van der Waals surface area contributed by atoms with Gasteiger partial charge >= 0.3 is 174 Å². The fourth-order valence-electron chi connectivity index (χ4n) is 4.54. The van der Waals surface area contributed by atoms with Crippen molar-refractivity contribution in [3.05, 3.63) is 64.7 Å². The first-order valence-electron chi connectivity index (χ1n) is 10.4. The first kappa shape index (κ1) is 21.5. The van der Waals surface area contributed by atoms with Crippen molar-refractivity contribution in [3.63, 3.8) is 0 Å². The van der Waals surface area contributed by atoms with Gasteiger partial charge in [-0.2, -0.15) is 0 Å². The van der Waals surface area contributed by atoms with E-state index >= 15 is 0 Å². The molecule has 2 aromatic rings. The molecular formula is C24H32NO3P. The molecule has 0 aromatic heterocycles. The number of hydrogen-bond donors (Lipinski definition) is 1.